The van der Waals surface area contributed by atoms with Crippen LogP contribution in [-0.4, -0.2) is 29.3 Å². The zero-order valence-corrected chi connectivity index (χ0v) is 12.6. The summed E-state index contributed by atoms with van der Waals surface area (Å²) in [5, 5.41) is 2.66. The molecule has 21 heavy (non-hydrogen) atoms. The molecule has 0 saturated heterocycles. The number of hydrogen-bond acceptors (Lipinski definition) is 2. The van der Waals surface area contributed by atoms with Crippen LogP contribution in [0, 0.1) is 5.82 Å². The van der Waals surface area contributed by atoms with Crippen molar-refractivity contribution in [2.45, 2.75) is 38.8 Å². The van der Waals surface area contributed by atoms with Gasteiger partial charge in [-0.3, -0.25) is 9.59 Å². The highest BCUT2D eigenvalue weighted by Gasteiger charge is 2.32. The average molecular weight is 313 g/mol. The summed E-state index contributed by atoms with van der Waals surface area (Å²) in [6.07, 6.45) is 2.27. The second-order valence-electron chi connectivity index (χ2n) is 5.10. The van der Waals surface area contributed by atoms with E-state index >= 15 is 0 Å². The molecule has 0 atom stereocenters. The van der Waals surface area contributed by atoms with E-state index in [1.807, 2.05) is 0 Å². The molecule has 0 heterocycles. The molecule has 0 aromatic heterocycles. The molecule has 1 aliphatic carbocycles. The van der Waals surface area contributed by atoms with Crippen molar-refractivity contribution in [1.29, 1.82) is 0 Å². The molecule has 0 aliphatic heterocycles. The summed E-state index contributed by atoms with van der Waals surface area (Å²) in [5.74, 6) is -0.840. The van der Waals surface area contributed by atoms with Crippen LogP contribution in [0.25, 0.3) is 0 Å². The summed E-state index contributed by atoms with van der Waals surface area (Å²) in [5.41, 5.74) is 0.329. The van der Waals surface area contributed by atoms with Crippen LogP contribution < -0.4 is 5.32 Å². The summed E-state index contributed by atoms with van der Waals surface area (Å²) in [4.78, 5) is 25.3. The van der Waals surface area contributed by atoms with Crippen molar-refractivity contribution in [3.8, 4) is 0 Å². The van der Waals surface area contributed by atoms with Gasteiger partial charge in [-0.2, -0.15) is 0 Å². The fourth-order valence-corrected chi connectivity index (χ4v) is 2.29. The van der Waals surface area contributed by atoms with Crippen LogP contribution in [0.5, 0.6) is 0 Å². The Labute approximate surface area is 128 Å². The first kappa shape index (κ1) is 15.8. The summed E-state index contributed by atoms with van der Waals surface area (Å²) >= 11 is 5.68. The normalized spacial score (nSPS) is 13.9. The predicted octanol–water partition coefficient (Wildman–Crippen LogP) is 2.50. The van der Waals surface area contributed by atoms with E-state index in [1.54, 1.807) is 24.0 Å². The third-order valence-electron chi connectivity index (χ3n) is 3.43. The molecule has 1 saturated carbocycles. The second kappa shape index (κ2) is 6.89. The van der Waals surface area contributed by atoms with Gasteiger partial charge in [0.1, 0.15) is 5.82 Å². The summed E-state index contributed by atoms with van der Waals surface area (Å²) in [6.45, 7) is 1.86. The Kier molecular flexibility index (Phi) is 5.17. The number of nitrogens with zero attached hydrogens (tertiary/aromatic N) is 1. The molecule has 1 aromatic carbocycles. The smallest absolute Gasteiger partial charge is 0.239 e. The zero-order chi connectivity index (χ0) is 15.4. The molecule has 1 aliphatic rings. The van der Waals surface area contributed by atoms with E-state index in [2.05, 4.69) is 5.32 Å². The van der Waals surface area contributed by atoms with E-state index < -0.39 is 5.82 Å². The van der Waals surface area contributed by atoms with E-state index in [0.29, 0.717) is 12.0 Å². The standard InChI is InChI=1S/C15H18ClFN2O2/c1-2-14(21)19(11-6-7-11)9-13(20)18-8-10-4-3-5-12(16)15(10)17/h3-5,11H,2,6-9H2,1H3,(H,18,20). The molecule has 1 fully saturated rings. The molecular formula is C15H18ClFN2O2. The number of rotatable bonds is 6. The van der Waals surface area contributed by atoms with E-state index in [9.17, 15) is 14.0 Å². The molecule has 2 rings (SSSR count). The van der Waals surface area contributed by atoms with Gasteiger partial charge in [0.2, 0.25) is 11.8 Å². The van der Waals surface area contributed by atoms with Gasteiger partial charge in [-0.1, -0.05) is 30.7 Å². The van der Waals surface area contributed by atoms with Crippen molar-refractivity contribution in [2.24, 2.45) is 0 Å². The Balaban J connectivity index is 1.89. The highest BCUT2D eigenvalue weighted by Crippen LogP contribution is 2.27. The summed E-state index contributed by atoms with van der Waals surface area (Å²) in [7, 11) is 0. The third kappa shape index (κ3) is 4.17. The highest BCUT2D eigenvalue weighted by molar-refractivity contribution is 6.30. The zero-order valence-electron chi connectivity index (χ0n) is 11.9. The first-order valence-corrected chi connectivity index (χ1v) is 7.39. The van der Waals surface area contributed by atoms with Gasteiger partial charge in [0.05, 0.1) is 11.6 Å². The van der Waals surface area contributed by atoms with E-state index in [4.69, 9.17) is 11.6 Å². The molecule has 114 valence electrons. The monoisotopic (exact) mass is 312 g/mol. The SMILES string of the molecule is CCC(=O)N(CC(=O)NCc1cccc(Cl)c1F)C1CC1. The minimum absolute atomic E-state index is 0.0263. The number of carbonyl (C=O) groups excluding carboxylic acids is 2. The van der Waals surface area contributed by atoms with Crippen molar-refractivity contribution in [2.75, 3.05) is 6.54 Å². The molecule has 4 nitrogen and oxygen atoms in total. The van der Waals surface area contributed by atoms with E-state index in [-0.39, 0.29) is 36.0 Å². The molecule has 1 aromatic rings. The second-order valence-corrected chi connectivity index (χ2v) is 5.50. The number of benzene rings is 1. The molecule has 0 spiro atoms. The van der Waals surface area contributed by atoms with Crippen LogP contribution >= 0.6 is 11.6 Å². The van der Waals surface area contributed by atoms with E-state index in [1.165, 1.54) is 6.07 Å². The van der Waals surface area contributed by atoms with Crippen LogP contribution in [0.2, 0.25) is 5.02 Å². The molecule has 6 heteroatoms. The molecule has 1 N–H and O–H groups in total. The molecule has 0 radical (unpaired) electrons. The molecule has 2 amide bonds. The number of amides is 2. The lowest BCUT2D eigenvalue weighted by Crippen LogP contribution is -2.41. The topological polar surface area (TPSA) is 49.4 Å². The fourth-order valence-electron chi connectivity index (χ4n) is 2.10. The van der Waals surface area contributed by atoms with Crippen molar-refractivity contribution in [3.63, 3.8) is 0 Å². The van der Waals surface area contributed by atoms with Gasteiger partial charge >= 0.3 is 0 Å². The van der Waals surface area contributed by atoms with Crippen LogP contribution in [0.1, 0.15) is 31.7 Å². The van der Waals surface area contributed by atoms with E-state index in [0.717, 1.165) is 12.8 Å². The minimum atomic E-state index is -0.525. The van der Waals surface area contributed by atoms with Gasteiger partial charge in [-0.05, 0) is 18.9 Å². The maximum Gasteiger partial charge on any atom is 0.239 e. The third-order valence-corrected chi connectivity index (χ3v) is 3.72. The first-order valence-electron chi connectivity index (χ1n) is 7.02. The van der Waals surface area contributed by atoms with Crippen molar-refractivity contribution in [3.05, 3.63) is 34.6 Å². The first-order chi connectivity index (χ1) is 10.0. The average Bonchev–Trinajstić information content (AvgIpc) is 3.30. The van der Waals surface area contributed by atoms with Gasteiger partial charge in [0.25, 0.3) is 0 Å². The Hall–Kier alpha value is -1.62. The van der Waals surface area contributed by atoms with Crippen LogP contribution in [0.4, 0.5) is 4.39 Å². The van der Waals surface area contributed by atoms with Crippen molar-refractivity contribution >= 4 is 23.4 Å². The fraction of sp³-hybridized carbons (Fsp3) is 0.467. The number of carbonyl (C=O) groups is 2. The largest absolute Gasteiger partial charge is 0.350 e. The van der Waals surface area contributed by atoms with Crippen LogP contribution in [0.15, 0.2) is 18.2 Å². The quantitative estimate of drug-likeness (QED) is 0.877. The summed E-state index contributed by atoms with van der Waals surface area (Å²) in [6, 6.07) is 4.84. The Morgan fingerprint density at radius 2 is 2.14 bits per heavy atom. The van der Waals surface area contributed by atoms with Crippen LogP contribution in [-0.2, 0) is 16.1 Å². The van der Waals surface area contributed by atoms with Gasteiger partial charge in [-0.25, -0.2) is 4.39 Å². The highest BCUT2D eigenvalue weighted by atomic mass is 35.5. The Morgan fingerprint density at radius 1 is 1.43 bits per heavy atom. The number of halogens is 2. The lowest BCUT2D eigenvalue weighted by molar-refractivity contribution is -0.136. The number of nitrogens with one attached hydrogen (secondary N) is 1. The minimum Gasteiger partial charge on any atom is -0.350 e. The molecular weight excluding hydrogens is 295 g/mol. The molecule has 0 bridgehead atoms. The Morgan fingerprint density at radius 3 is 2.76 bits per heavy atom. The lowest BCUT2D eigenvalue weighted by Gasteiger charge is -2.21. The lowest BCUT2D eigenvalue weighted by atomic mass is 10.2. The molecule has 0 unspecified atom stereocenters. The van der Waals surface area contributed by atoms with Crippen LogP contribution in [0.3, 0.4) is 0 Å². The predicted molar refractivity (Wildman–Crippen MR) is 78.3 cm³/mol. The Bertz CT molecular complexity index is 546. The van der Waals surface area contributed by atoms with Gasteiger partial charge in [0.15, 0.2) is 0 Å². The van der Waals surface area contributed by atoms with Crippen molar-refractivity contribution in [1.82, 2.24) is 10.2 Å². The van der Waals surface area contributed by atoms with Gasteiger partial charge < -0.3 is 10.2 Å². The maximum atomic E-state index is 13.7. The van der Waals surface area contributed by atoms with Gasteiger partial charge in [0, 0.05) is 24.6 Å². The maximum absolute atomic E-state index is 13.7. The van der Waals surface area contributed by atoms with Crippen molar-refractivity contribution < 1.29 is 14.0 Å². The van der Waals surface area contributed by atoms with Gasteiger partial charge in [-0.15, -0.1) is 0 Å². The summed E-state index contributed by atoms with van der Waals surface area (Å²) < 4.78 is 13.7. The number of hydrogen-bond donors (Lipinski definition) is 1.